The Hall–Kier alpha value is -2.90. The molecule has 1 aliphatic rings. The van der Waals surface area contributed by atoms with Crippen molar-refractivity contribution in [1.82, 2.24) is 15.0 Å². The summed E-state index contributed by atoms with van der Waals surface area (Å²) in [7, 11) is 0. The Morgan fingerprint density at radius 2 is 1.85 bits per heavy atom. The molecular weight excluding hydrogens is 344 g/mol. The lowest BCUT2D eigenvalue weighted by Gasteiger charge is -2.19. The van der Waals surface area contributed by atoms with Crippen LogP contribution in [0.5, 0.6) is 11.5 Å². The first-order chi connectivity index (χ1) is 13.3. The monoisotopic (exact) mass is 366 g/mol. The quantitative estimate of drug-likeness (QED) is 0.655. The highest BCUT2D eigenvalue weighted by atomic mass is 16.7. The van der Waals surface area contributed by atoms with E-state index in [9.17, 15) is 0 Å². The highest BCUT2D eigenvalue weighted by molar-refractivity contribution is 5.61. The van der Waals surface area contributed by atoms with Crippen LogP contribution in [0.1, 0.15) is 11.5 Å². The molecule has 1 aromatic heterocycles. The maximum Gasteiger partial charge on any atom is 0.241 e. The van der Waals surface area contributed by atoms with E-state index in [0.29, 0.717) is 30.6 Å². The Morgan fingerprint density at radius 3 is 2.70 bits per heavy atom. The van der Waals surface area contributed by atoms with Crippen molar-refractivity contribution in [3.8, 4) is 22.9 Å². The maximum absolute atomic E-state index is 5.77. The molecule has 0 radical (unpaired) electrons. The molecule has 0 bridgehead atoms. The van der Waals surface area contributed by atoms with E-state index in [1.165, 1.54) is 5.56 Å². The van der Waals surface area contributed by atoms with Gasteiger partial charge < -0.3 is 19.7 Å². The molecule has 0 amide bonds. The van der Waals surface area contributed by atoms with E-state index >= 15 is 0 Å². The minimum Gasteiger partial charge on any atom is -0.454 e. The first-order valence-corrected chi connectivity index (χ1v) is 9.01. The fraction of sp³-hybridized carbons (Fsp3) is 0.300. The molecule has 7 nitrogen and oxygen atoms in total. The van der Waals surface area contributed by atoms with Crippen LogP contribution in [0.4, 0.5) is 0 Å². The van der Waals surface area contributed by atoms with E-state index in [0.717, 1.165) is 30.8 Å². The molecular formula is C20H22N4O3. The summed E-state index contributed by atoms with van der Waals surface area (Å²) < 4.78 is 16.2. The van der Waals surface area contributed by atoms with Crippen molar-refractivity contribution < 1.29 is 14.0 Å². The van der Waals surface area contributed by atoms with E-state index in [-0.39, 0.29) is 6.79 Å². The molecule has 0 saturated carbocycles. The van der Waals surface area contributed by atoms with Gasteiger partial charge in [-0.2, -0.15) is 4.98 Å². The Bertz CT molecular complexity index is 882. The van der Waals surface area contributed by atoms with E-state index in [2.05, 4.69) is 39.3 Å². The Labute approximate surface area is 157 Å². The first kappa shape index (κ1) is 17.5. The van der Waals surface area contributed by atoms with Gasteiger partial charge in [0.1, 0.15) is 0 Å². The normalized spacial score (nSPS) is 12.7. The molecule has 140 valence electrons. The van der Waals surface area contributed by atoms with Gasteiger partial charge in [-0.05, 0) is 30.2 Å². The molecule has 2 heterocycles. The van der Waals surface area contributed by atoms with Gasteiger partial charge in [0.05, 0.1) is 6.54 Å². The second-order valence-corrected chi connectivity index (χ2v) is 6.38. The summed E-state index contributed by atoms with van der Waals surface area (Å²) in [5.74, 6) is 2.55. The van der Waals surface area contributed by atoms with Crippen LogP contribution < -0.4 is 15.2 Å². The predicted octanol–water partition coefficient (Wildman–Crippen LogP) is 2.47. The van der Waals surface area contributed by atoms with Crippen LogP contribution in [0.25, 0.3) is 11.4 Å². The molecule has 0 fully saturated rings. The zero-order valence-electron chi connectivity index (χ0n) is 15.0. The highest BCUT2D eigenvalue weighted by Gasteiger charge is 2.17. The van der Waals surface area contributed by atoms with Crippen molar-refractivity contribution >= 4 is 0 Å². The predicted molar refractivity (Wildman–Crippen MR) is 100 cm³/mol. The average Bonchev–Trinajstić information content (AvgIpc) is 3.36. The number of nitrogens with two attached hydrogens (primary N) is 1. The molecule has 2 N–H and O–H groups in total. The number of hydrogen-bond donors (Lipinski definition) is 1. The van der Waals surface area contributed by atoms with Crippen LogP contribution in [0, 0.1) is 0 Å². The number of nitrogens with zero attached hydrogens (tertiary/aromatic N) is 3. The lowest BCUT2D eigenvalue weighted by atomic mass is 10.1. The van der Waals surface area contributed by atoms with E-state index in [1.54, 1.807) is 0 Å². The van der Waals surface area contributed by atoms with Gasteiger partial charge in [0.2, 0.25) is 18.5 Å². The zero-order valence-corrected chi connectivity index (χ0v) is 15.0. The van der Waals surface area contributed by atoms with E-state index in [1.807, 2.05) is 24.3 Å². The smallest absolute Gasteiger partial charge is 0.241 e. The molecule has 0 atom stereocenters. The van der Waals surface area contributed by atoms with Crippen molar-refractivity contribution in [3.05, 3.63) is 60.0 Å². The van der Waals surface area contributed by atoms with Crippen molar-refractivity contribution in [2.24, 2.45) is 5.73 Å². The summed E-state index contributed by atoms with van der Waals surface area (Å²) >= 11 is 0. The molecule has 1 aliphatic heterocycles. The van der Waals surface area contributed by atoms with Crippen LogP contribution in [0.3, 0.4) is 0 Å². The summed E-state index contributed by atoms with van der Waals surface area (Å²) in [5.41, 5.74) is 7.90. The average molecular weight is 366 g/mol. The van der Waals surface area contributed by atoms with Gasteiger partial charge in [0.15, 0.2) is 11.5 Å². The largest absolute Gasteiger partial charge is 0.454 e. The van der Waals surface area contributed by atoms with Crippen LogP contribution in [0.2, 0.25) is 0 Å². The molecule has 3 aromatic rings. The highest BCUT2D eigenvalue weighted by Crippen LogP contribution is 2.35. The topological polar surface area (TPSA) is 86.6 Å². The van der Waals surface area contributed by atoms with E-state index < -0.39 is 0 Å². The third-order valence-electron chi connectivity index (χ3n) is 4.46. The van der Waals surface area contributed by atoms with Gasteiger partial charge in [0, 0.05) is 25.2 Å². The molecule has 2 aromatic carbocycles. The molecule has 0 saturated heterocycles. The van der Waals surface area contributed by atoms with Gasteiger partial charge in [-0.1, -0.05) is 35.5 Å². The number of aromatic nitrogens is 2. The van der Waals surface area contributed by atoms with Crippen LogP contribution in [-0.4, -0.2) is 41.5 Å². The van der Waals surface area contributed by atoms with Gasteiger partial charge >= 0.3 is 0 Å². The standard InChI is InChI=1S/C20H22N4O3/c21-9-11-24(10-8-15-4-2-1-3-5-15)13-19-22-20(23-27-19)16-6-7-17-18(12-16)26-14-25-17/h1-7,12H,8-11,13-14,21H2. The second-order valence-electron chi connectivity index (χ2n) is 6.38. The molecule has 0 unspecified atom stereocenters. The Balaban J connectivity index is 1.42. The second kappa shape index (κ2) is 8.20. The van der Waals surface area contributed by atoms with Crippen LogP contribution in [-0.2, 0) is 13.0 Å². The summed E-state index contributed by atoms with van der Waals surface area (Å²) in [6.45, 7) is 3.04. The van der Waals surface area contributed by atoms with Crippen molar-refractivity contribution in [1.29, 1.82) is 0 Å². The molecule has 4 rings (SSSR count). The fourth-order valence-corrected chi connectivity index (χ4v) is 3.05. The third kappa shape index (κ3) is 4.27. The minimum atomic E-state index is 0.242. The zero-order chi connectivity index (χ0) is 18.5. The fourth-order valence-electron chi connectivity index (χ4n) is 3.05. The minimum absolute atomic E-state index is 0.242. The number of fused-ring (bicyclic) bond motifs is 1. The number of hydrogen-bond acceptors (Lipinski definition) is 7. The van der Waals surface area contributed by atoms with Gasteiger partial charge in [0.25, 0.3) is 0 Å². The Kier molecular flexibility index (Phi) is 5.32. The molecule has 0 spiro atoms. The Morgan fingerprint density at radius 1 is 1.00 bits per heavy atom. The van der Waals surface area contributed by atoms with Crippen molar-refractivity contribution in [2.45, 2.75) is 13.0 Å². The van der Waals surface area contributed by atoms with Gasteiger partial charge in [-0.25, -0.2) is 0 Å². The number of benzene rings is 2. The lowest BCUT2D eigenvalue weighted by molar-refractivity contribution is 0.174. The summed E-state index contributed by atoms with van der Waals surface area (Å²) in [6, 6.07) is 16.0. The van der Waals surface area contributed by atoms with Crippen LogP contribution in [0.15, 0.2) is 53.1 Å². The number of rotatable bonds is 8. The summed E-state index contributed by atoms with van der Waals surface area (Å²) in [6.07, 6.45) is 0.948. The third-order valence-corrected chi connectivity index (χ3v) is 4.46. The summed E-state index contributed by atoms with van der Waals surface area (Å²) in [4.78, 5) is 6.75. The first-order valence-electron chi connectivity index (χ1n) is 9.01. The van der Waals surface area contributed by atoms with Crippen molar-refractivity contribution in [3.63, 3.8) is 0 Å². The SMILES string of the molecule is NCCN(CCc1ccccc1)Cc1nc(-c2ccc3c(c2)OCO3)no1. The van der Waals surface area contributed by atoms with Gasteiger partial charge in [-0.3, -0.25) is 4.90 Å². The molecule has 27 heavy (non-hydrogen) atoms. The van der Waals surface area contributed by atoms with Crippen molar-refractivity contribution in [2.75, 3.05) is 26.4 Å². The lowest BCUT2D eigenvalue weighted by Crippen LogP contribution is -2.31. The summed E-state index contributed by atoms with van der Waals surface area (Å²) in [5, 5.41) is 4.10. The molecule has 0 aliphatic carbocycles. The molecule has 7 heteroatoms. The van der Waals surface area contributed by atoms with Gasteiger partial charge in [-0.15, -0.1) is 0 Å². The van der Waals surface area contributed by atoms with Crippen LogP contribution >= 0.6 is 0 Å². The number of ether oxygens (including phenoxy) is 2. The maximum atomic E-state index is 5.77. The van der Waals surface area contributed by atoms with E-state index in [4.69, 9.17) is 19.7 Å².